The van der Waals surface area contributed by atoms with Gasteiger partial charge in [-0.1, -0.05) is 17.7 Å². The van der Waals surface area contributed by atoms with Crippen molar-refractivity contribution in [1.82, 2.24) is 9.88 Å². The number of nitrogens with zero attached hydrogens (tertiary/aromatic N) is 1. The van der Waals surface area contributed by atoms with Gasteiger partial charge in [0, 0.05) is 41.2 Å². The number of H-pyrrole nitrogens is 1. The molecule has 3 aromatic rings. The molecule has 4 heteroatoms. The maximum Gasteiger partial charge on any atom is 0.253 e. The first-order valence-electron chi connectivity index (χ1n) is 9.16. The highest BCUT2D eigenvalue weighted by atomic mass is 16.5. The van der Waals surface area contributed by atoms with Gasteiger partial charge in [0.05, 0.1) is 7.11 Å². The number of amides is 1. The van der Waals surface area contributed by atoms with Crippen molar-refractivity contribution >= 4 is 16.8 Å². The highest BCUT2D eigenvalue weighted by molar-refractivity contribution is 5.94. The summed E-state index contributed by atoms with van der Waals surface area (Å²) in [6.45, 7) is 3.61. The molecule has 134 valence electrons. The second-order valence-electron chi connectivity index (χ2n) is 7.14. The SMILES string of the molecule is COc1ccc2[nH]c(C3CCCN(C(=O)c4cccc(C)c4)C3)cc2c1. The van der Waals surface area contributed by atoms with Crippen LogP contribution in [-0.2, 0) is 0 Å². The molecule has 1 amide bonds. The smallest absolute Gasteiger partial charge is 0.253 e. The molecule has 1 fully saturated rings. The number of fused-ring (bicyclic) bond motifs is 1. The Balaban J connectivity index is 1.55. The molecule has 4 nitrogen and oxygen atoms in total. The summed E-state index contributed by atoms with van der Waals surface area (Å²) >= 11 is 0. The summed E-state index contributed by atoms with van der Waals surface area (Å²) in [4.78, 5) is 18.4. The van der Waals surface area contributed by atoms with E-state index in [1.807, 2.05) is 48.2 Å². The summed E-state index contributed by atoms with van der Waals surface area (Å²) in [5, 5.41) is 1.15. The maximum atomic E-state index is 12.9. The molecule has 2 heterocycles. The Morgan fingerprint density at radius 2 is 2.08 bits per heavy atom. The van der Waals surface area contributed by atoms with Gasteiger partial charge in [-0.3, -0.25) is 4.79 Å². The van der Waals surface area contributed by atoms with Crippen molar-refractivity contribution in [2.75, 3.05) is 20.2 Å². The fourth-order valence-electron chi connectivity index (χ4n) is 3.86. The minimum Gasteiger partial charge on any atom is -0.497 e. The largest absolute Gasteiger partial charge is 0.497 e. The van der Waals surface area contributed by atoms with Crippen molar-refractivity contribution in [3.05, 3.63) is 65.4 Å². The summed E-state index contributed by atoms with van der Waals surface area (Å²) in [5.41, 5.74) is 4.22. The average molecular weight is 348 g/mol. The van der Waals surface area contributed by atoms with Gasteiger partial charge in [0.2, 0.25) is 0 Å². The lowest BCUT2D eigenvalue weighted by atomic mass is 9.94. The van der Waals surface area contributed by atoms with E-state index in [4.69, 9.17) is 4.74 Å². The van der Waals surface area contributed by atoms with Gasteiger partial charge in [-0.25, -0.2) is 0 Å². The second-order valence-corrected chi connectivity index (χ2v) is 7.14. The van der Waals surface area contributed by atoms with Gasteiger partial charge >= 0.3 is 0 Å². The second kappa shape index (κ2) is 6.87. The van der Waals surface area contributed by atoms with E-state index < -0.39 is 0 Å². The van der Waals surface area contributed by atoms with Crippen LogP contribution in [0.15, 0.2) is 48.5 Å². The Morgan fingerprint density at radius 1 is 1.19 bits per heavy atom. The number of aryl methyl sites for hydroxylation is 1. The molecule has 1 atom stereocenters. The van der Waals surface area contributed by atoms with E-state index in [9.17, 15) is 4.79 Å². The van der Waals surface area contributed by atoms with Crippen LogP contribution in [0.4, 0.5) is 0 Å². The molecule has 4 rings (SSSR count). The van der Waals surface area contributed by atoms with Gasteiger partial charge in [-0.05, 0) is 56.2 Å². The Labute approximate surface area is 153 Å². The minimum atomic E-state index is 0.135. The number of hydrogen-bond acceptors (Lipinski definition) is 2. The lowest BCUT2D eigenvalue weighted by Gasteiger charge is -2.32. The van der Waals surface area contributed by atoms with Crippen molar-refractivity contribution in [2.45, 2.75) is 25.7 Å². The Morgan fingerprint density at radius 3 is 2.88 bits per heavy atom. The Bertz CT molecular complexity index is 944. The third-order valence-electron chi connectivity index (χ3n) is 5.26. The highest BCUT2D eigenvalue weighted by Crippen LogP contribution is 2.31. The number of methoxy groups -OCH3 is 1. The number of nitrogens with one attached hydrogen (secondary N) is 1. The minimum absolute atomic E-state index is 0.135. The van der Waals surface area contributed by atoms with Crippen molar-refractivity contribution < 1.29 is 9.53 Å². The van der Waals surface area contributed by atoms with Crippen LogP contribution in [0.25, 0.3) is 10.9 Å². The molecule has 26 heavy (non-hydrogen) atoms. The third-order valence-corrected chi connectivity index (χ3v) is 5.26. The van der Waals surface area contributed by atoms with Crippen molar-refractivity contribution in [3.63, 3.8) is 0 Å². The Hall–Kier alpha value is -2.75. The molecule has 1 N–H and O–H groups in total. The van der Waals surface area contributed by atoms with Crippen LogP contribution in [0.1, 0.15) is 40.4 Å². The summed E-state index contributed by atoms with van der Waals surface area (Å²) < 4.78 is 5.32. The van der Waals surface area contributed by atoms with Gasteiger partial charge in [0.25, 0.3) is 5.91 Å². The van der Waals surface area contributed by atoms with Crippen LogP contribution in [0.3, 0.4) is 0 Å². The van der Waals surface area contributed by atoms with Crippen LogP contribution >= 0.6 is 0 Å². The number of hydrogen-bond donors (Lipinski definition) is 1. The molecule has 2 aromatic carbocycles. The first-order chi connectivity index (χ1) is 12.6. The fraction of sp³-hybridized carbons (Fsp3) is 0.318. The number of carbonyl (C=O) groups excluding carboxylic acids is 1. The zero-order valence-corrected chi connectivity index (χ0v) is 15.3. The van der Waals surface area contributed by atoms with Gasteiger partial charge in [0.15, 0.2) is 0 Å². The molecule has 0 bridgehead atoms. The predicted molar refractivity (Wildman–Crippen MR) is 104 cm³/mol. The molecule has 1 aromatic heterocycles. The molecule has 0 spiro atoms. The molecule has 0 saturated carbocycles. The molecule has 1 aliphatic heterocycles. The molecular formula is C22H24N2O2. The van der Waals surface area contributed by atoms with E-state index >= 15 is 0 Å². The van der Waals surface area contributed by atoms with E-state index in [1.54, 1.807) is 7.11 Å². The monoisotopic (exact) mass is 348 g/mol. The van der Waals surface area contributed by atoms with Crippen LogP contribution in [0.5, 0.6) is 5.75 Å². The number of benzene rings is 2. The molecule has 1 unspecified atom stereocenters. The maximum absolute atomic E-state index is 12.9. The summed E-state index contributed by atoms with van der Waals surface area (Å²) in [5.74, 6) is 1.34. The van der Waals surface area contributed by atoms with Gasteiger partial charge in [-0.2, -0.15) is 0 Å². The molecule has 1 aliphatic rings. The van der Waals surface area contributed by atoms with Crippen molar-refractivity contribution in [2.24, 2.45) is 0 Å². The zero-order chi connectivity index (χ0) is 18.1. The summed E-state index contributed by atoms with van der Waals surface area (Å²) in [7, 11) is 1.69. The van der Waals surface area contributed by atoms with Gasteiger partial charge in [0.1, 0.15) is 5.75 Å². The number of likely N-dealkylation sites (tertiary alicyclic amines) is 1. The fourth-order valence-corrected chi connectivity index (χ4v) is 3.86. The molecule has 0 aliphatic carbocycles. The number of rotatable bonds is 3. The highest BCUT2D eigenvalue weighted by Gasteiger charge is 2.26. The van der Waals surface area contributed by atoms with E-state index in [2.05, 4.69) is 17.1 Å². The van der Waals surface area contributed by atoms with E-state index in [0.29, 0.717) is 5.92 Å². The number of ether oxygens (including phenoxy) is 1. The summed E-state index contributed by atoms with van der Waals surface area (Å²) in [6.07, 6.45) is 2.13. The van der Waals surface area contributed by atoms with Crippen LogP contribution in [-0.4, -0.2) is 36.0 Å². The van der Waals surface area contributed by atoms with E-state index in [-0.39, 0.29) is 5.91 Å². The standard InChI is InChI=1S/C22H24N2O2/c1-15-5-3-6-16(11-15)22(25)24-10-4-7-17(14-24)21-13-18-12-19(26-2)8-9-20(18)23-21/h3,5-6,8-9,11-13,17,23H,4,7,10,14H2,1-2H3. The van der Waals surface area contributed by atoms with Gasteiger partial charge in [-0.15, -0.1) is 0 Å². The molecular weight excluding hydrogens is 324 g/mol. The van der Waals surface area contributed by atoms with Crippen molar-refractivity contribution in [1.29, 1.82) is 0 Å². The van der Waals surface area contributed by atoms with Crippen LogP contribution < -0.4 is 4.74 Å². The van der Waals surface area contributed by atoms with Gasteiger partial charge < -0.3 is 14.6 Å². The number of aromatic nitrogens is 1. The first kappa shape index (κ1) is 16.7. The number of carbonyl (C=O) groups is 1. The number of piperidine rings is 1. The zero-order valence-electron chi connectivity index (χ0n) is 15.3. The molecule has 0 radical (unpaired) electrons. The Kier molecular flexibility index (Phi) is 4.41. The topological polar surface area (TPSA) is 45.3 Å². The summed E-state index contributed by atoms with van der Waals surface area (Å²) in [6, 6.07) is 16.1. The number of aromatic amines is 1. The van der Waals surface area contributed by atoms with Crippen LogP contribution in [0, 0.1) is 6.92 Å². The average Bonchev–Trinajstić information content (AvgIpc) is 3.10. The van der Waals surface area contributed by atoms with E-state index in [0.717, 1.165) is 53.7 Å². The lowest BCUT2D eigenvalue weighted by Crippen LogP contribution is -2.39. The van der Waals surface area contributed by atoms with Crippen molar-refractivity contribution in [3.8, 4) is 5.75 Å². The van der Waals surface area contributed by atoms with Crippen LogP contribution in [0.2, 0.25) is 0 Å². The van der Waals surface area contributed by atoms with E-state index in [1.165, 1.54) is 5.69 Å². The first-order valence-corrected chi connectivity index (χ1v) is 9.16. The quantitative estimate of drug-likeness (QED) is 0.757. The molecule has 1 saturated heterocycles. The lowest BCUT2D eigenvalue weighted by molar-refractivity contribution is 0.0706. The predicted octanol–water partition coefficient (Wildman–Crippen LogP) is 4.50. The third kappa shape index (κ3) is 3.19. The normalized spacial score (nSPS) is 17.5.